The molecule has 1 aliphatic heterocycles. The van der Waals surface area contributed by atoms with Gasteiger partial charge in [0.25, 0.3) is 0 Å². The number of rotatable bonds is 1. The molecule has 3 aliphatic rings. The predicted molar refractivity (Wildman–Crippen MR) is 90.4 cm³/mol. The maximum atomic E-state index is 13.0. The summed E-state index contributed by atoms with van der Waals surface area (Å²) in [6.07, 6.45) is 7.09. The first-order valence-corrected chi connectivity index (χ1v) is 8.30. The molecule has 1 aromatic rings. The molecule has 4 rings (SSSR count). The summed E-state index contributed by atoms with van der Waals surface area (Å²) in [7, 11) is 3.65. The second-order valence-corrected chi connectivity index (χ2v) is 7.45. The molecule has 4 atom stereocenters. The lowest BCUT2D eigenvalue weighted by molar-refractivity contribution is -0.899. The summed E-state index contributed by atoms with van der Waals surface area (Å²) in [6, 6.07) is 6.80. The summed E-state index contributed by atoms with van der Waals surface area (Å²) >= 11 is 0. The van der Waals surface area contributed by atoms with E-state index < -0.39 is 0 Å². The van der Waals surface area contributed by atoms with E-state index in [0.717, 1.165) is 25.1 Å². The van der Waals surface area contributed by atoms with Crippen molar-refractivity contribution in [1.29, 1.82) is 0 Å². The van der Waals surface area contributed by atoms with Crippen molar-refractivity contribution in [1.82, 2.24) is 0 Å². The first-order chi connectivity index (χ1) is 10.1. The predicted octanol–water partition coefficient (Wildman–Crippen LogP) is 3.82. The molecule has 1 heterocycles. The normalized spacial score (nSPS) is 39.2. The molecule has 2 fully saturated rings. The lowest BCUT2D eigenvalue weighted by atomic mass is 9.52. The van der Waals surface area contributed by atoms with Gasteiger partial charge >= 0.3 is 0 Å². The number of hydrogen-bond donors (Lipinski definition) is 0. The SMILES string of the molecule is COc1ccc2c(c1)[C@@]13CCCC[C@H]1[C@@H](C2)[N@+](C)([O-])CC3.Cl. The molecule has 1 saturated carbocycles. The molecule has 0 spiro atoms. The van der Waals surface area contributed by atoms with Gasteiger partial charge in [-0.15, -0.1) is 12.4 Å². The highest BCUT2D eigenvalue weighted by Crippen LogP contribution is 2.57. The van der Waals surface area contributed by atoms with Gasteiger partial charge in [0, 0.05) is 24.2 Å². The van der Waals surface area contributed by atoms with Crippen molar-refractivity contribution in [3.05, 3.63) is 34.5 Å². The maximum Gasteiger partial charge on any atom is 0.119 e. The average Bonchev–Trinajstić information content (AvgIpc) is 2.51. The van der Waals surface area contributed by atoms with Gasteiger partial charge in [0.15, 0.2) is 0 Å². The zero-order chi connectivity index (χ0) is 14.7. The molecule has 0 amide bonds. The molecule has 2 bridgehead atoms. The molecule has 4 heteroatoms. The van der Waals surface area contributed by atoms with E-state index in [0.29, 0.717) is 5.92 Å². The largest absolute Gasteiger partial charge is 0.633 e. The van der Waals surface area contributed by atoms with Crippen LogP contribution in [0.15, 0.2) is 18.2 Å². The average molecular weight is 324 g/mol. The number of likely N-dealkylation sites (tertiary alicyclic amines) is 1. The third kappa shape index (κ3) is 2.10. The topological polar surface area (TPSA) is 32.3 Å². The molecule has 0 aromatic heterocycles. The second kappa shape index (κ2) is 5.40. The van der Waals surface area contributed by atoms with Gasteiger partial charge in [-0.05, 0) is 36.1 Å². The van der Waals surface area contributed by atoms with E-state index in [1.807, 2.05) is 7.05 Å². The van der Waals surface area contributed by atoms with Crippen LogP contribution in [0.4, 0.5) is 0 Å². The quantitative estimate of drug-likeness (QED) is 0.581. The van der Waals surface area contributed by atoms with Gasteiger partial charge in [0.05, 0.1) is 26.7 Å². The maximum absolute atomic E-state index is 13.0. The van der Waals surface area contributed by atoms with Crippen LogP contribution < -0.4 is 4.74 Å². The summed E-state index contributed by atoms with van der Waals surface area (Å²) in [5.41, 5.74) is 3.16. The van der Waals surface area contributed by atoms with Crippen molar-refractivity contribution in [2.45, 2.75) is 50.0 Å². The van der Waals surface area contributed by atoms with Crippen LogP contribution in [0.3, 0.4) is 0 Å². The Kier molecular flexibility index (Phi) is 3.95. The van der Waals surface area contributed by atoms with Crippen LogP contribution >= 0.6 is 12.4 Å². The Morgan fingerprint density at radius 3 is 2.86 bits per heavy atom. The van der Waals surface area contributed by atoms with E-state index >= 15 is 0 Å². The fraction of sp³-hybridized carbons (Fsp3) is 0.667. The molecule has 2 aliphatic carbocycles. The molecule has 1 aromatic carbocycles. The van der Waals surface area contributed by atoms with E-state index in [9.17, 15) is 5.21 Å². The Balaban J connectivity index is 0.00000144. The number of piperidine rings is 1. The molecular weight excluding hydrogens is 298 g/mol. The number of benzene rings is 1. The molecule has 3 nitrogen and oxygen atoms in total. The van der Waals surface area contributed by atoms with Crippen LogP contribution in [0.2, 0.25) is 0 Å². The minimum atomic E-state index is -0.0299. The monoisotopic (exact) mass is 323 g/mol. The summed E-state index contributed by atoms with van der Waals surface area (Å²) in [5, 5.41) is 13.0. The standard InChI is InChI=1S/C18H25NO2.ClH/c1-19(20)10-9-18-8-4-3-5-15(18)17(19)11-13-6-7-14(21-2)12-16(13)18;/h6-7,12,15,17H,3-5,8-11H2,1-2H3;1H/t15-,17+,18+,19+;/m0./s1. The first-order valence-electron chi connectivity index (χ1n) is 8.30. The molecular formula is C18H26ClNO2. The minimum absolute atomic E-state index is 0. The third-order valence-electron chi connectivity index (χ3n) is 6.55. The summed E-state index contributed by atoms with van der Waals surface area (Å²) in [4.78, 5) is 0. The van der Waals surface area contributed by atoms with Crippen LogP contribution in [0, 0.1) is 11.1 Å². The van der Waals surface area contributed by atoms with Gasteiger partial charge in [-0.2, -0.15) is 0 Å². The smallest absolute Gasteiger partial charge is 0.119 e. The molecule has 122 valence electrons. The molecule has 0 N–H and O–H groups in total. The van der Waals surface area contributed by atoms with Crippen LogP contribution in [0.5, 0.6) is 5.75 Å². The Bertz CT molecular complexity index is 574. The number of quaternary nitrogens is 1. The number of hydrogen-bond acceptors (Lipinski definition) is 2. The summed E-state index contributed by atoms with van der Waals surface area (Å²) in [6.45, 7) is 0.776. The van der Waals surface area contributed by atoms with E-state index in [4.69, 9.17) is 4.74 Å². The highest BCUT2D eigenvalue weighted by atomic mass is 35.5. The number of methoxy groups -OCH3 is 1. The molecule has 1 saturated heterocycles. The number of halogens is 1. The van der Waals surface area contributed by atoms with Gasteiger partial charge in [-0.25, -0.2) is 0 Å². The van der Waals surface area contributed by atoms with Gasteiger partial charge < -0.3 is 14.6 Å². The second-order valence-electron chi connectivity index (χ2n) is 7.45. The fourth-order valence-corrected chi connectivity index (χ4v) is 5.46. The van der Waals surface area contributed by atoms with E-state index in [1.165, 1.54) is 36.8 Å². The number of likely N-dealkylation sites (N-methyl/N-ethyl adjacent to an activating group) is 1. The summed E-state index contributed by atoms with van der Waals surface area (Å²) in [5.74, 6) is 1.54. The van der Waals surface area contributed by atoms with E-state index in [-0.39, 0.29) is 28.5 Å². The Morgan fingerprint density at radius 1 is 1.27 bits per heavy atom. The lowest BCUT2D eigenvalue weighted by Gasteiger charge is -2.63. The van der Waals surface area contributed by atoms with Crippen LogP contribution in [-0.2, 0) is 11.8 Å². The minimum Gasteiger partial charge on any atom is -0.633 e. The van der Waals surface area contributed by atoms with E-state index in [2.05, 4.69) is 18.2 Å². The zero-order valence-corrected chi connectivity index (χ0v) is 14.3. The lowest BCUT2D eigenvalue weighted by Crippen LogP contribution is -2.66. The van der Waals surface area contributed by atoms with Crippen molar-refractivity contribution in [2.24, 2.45) is 5.92 Å². The number of fused-ring (bicyclic) bond motifs is 1. The van der Waals surface area contributed by atoms with Crippen molar-refractivity contribution in [3.8, 4) is 5.75 Å². The molecule has 0 radical (unpaired) electrons. The van der Waals surface area contributed by atoms with Crippen LogP contribution in [0.1, 0.15) is 43.2 Å². The fourth-order valence-electron chi connectivity index (χ4n) is 5.46. The molecule has 22 heavy (non-hydrogen) atoms. The number of nitrogens with zero attached hydrogens (tertiary/aromatic N) is 1. The Hall–Kier alpha value is -0.770. The first kappa shape index (κ1) is 16.1. The van der Waals surface area contributed by atoms with Crippen molar-refractivity contribution < 1.29 is 9.38 Å². The van der Waals surface area contributed by atoms with Crippen molar-refractivity contribution in [3.63, 3.8) is 0 Å². The number of ether oxygens (including phenoxy) is 1. The van der Waals surface area contributed by atoms with Crippen LogP contribution in [0.25, 0.3) is 0 Å². The van der Waals surface area contributed by atoms with Gasteiger partial charge in [-0.1, -0.05) is 18.9 Å². The number of hydroxylamine groups is 3. The van der Waals surface area contributed by atoms with Gasteiger partial charge in [0.1, 0.15) is 5.75 Å². The van der Waals surface area contributed by atoms with Crippen molar-refractivity contribution in [2.75, 3.05) is 20.7 Å². The highest BCUT2D eigenvalue weighted by Gasteiger charge is 2.57. The Morgan fingerprint density at radius 2 is 2.09 bits per heavy atom. The van der Waals surface area contributed by atoms with E-state index in [1.54, 1.807) is 7.11 Å². The third-order valence-corrected chi connectivity index (χ3v) is 6.55. The Labute approximate surface area is 139 Å². The van der Waals surface area contributed by atoms with Crippen LogP contribution in [-0.4, -0.2) is 31.4 Å². The summed E-state index contributed by atoms with van der Waals surface area (Å²) < 4.78 is 5.44. The van der Waals surface area contributed by atoms with Gasteiger partial charge in [-0.3, -0.25) is 0 Å². The van der Waals surface area contributed by atoms with Crippen molar-refractivity contribution >= 4 is 12.4 Å². The van der Waals surface area contributed by atoms with Gasteiger partial charge in [0.2, 0.25) is 0 Å². The zero-order valence-electron chi connectivity index (χ0n) is 13.5. The highest BCUT2D eigenvalue weighted by molar-refractivity contribution is 5.85. The molecule has 0 unspecified atom stereocenters.